The first-order valence-corrected chi connectivity index (χ1v) is 18.7. The fourth-order valence-electron chi connectivity index (χ4n) is 9.30. The molecule has 0 unspecified atom stereocenters. The molecule has 0 N–H and O–H groups in total. The van der Waals surface area contributed by atoms with Crippen LogP contribution < -0.4 is 0 Å². The zero-order valence-corrected chi connectivity index (χ0v) is 29.4. The van der Waals surface area contributed by atoms with Gasteiger partial charge in [0.25, 0.3) is 0 Å². The molecule has 0 fully saturated rings. The number of nitrogens with zero attached hydrogens (tertiary/aromatic N) is 4. The summed E-state index contributed by atoms with van der Waals surface area (Å²) in [6.45, 7) is 0. The third kappa shape index (κ3) is 3.81. The lowest BCUT2D eigenvalue weighted by molar-refractivity contribution is 0.667. The highest BCUT2D eigenvalue weighted by Crippen LogP contribution is 2.48. The molecule has 5 nitrogen and oxygen atoms in total. The van der Waals surface area contributed by atoms with Crippen molar-refractivity contribution in [1.29, 1.82) is 0 Å². The summed E-state index contributed by atoms with van der Waals surface area (Å²) >= 11 is 0. The minimum atomic E-state index is 0.664. The number of furan rings is 1. The molecule has 0 radical (unpaired) electrons. The van der Waals surface area contributed by atoms with Gasteiger partial charge in [-0.2, -0.15) is 0 Å². The summed E-state index contributed by atoms with van der Waals surface area (Å²) in [7, 11) is 0. The van der Waals surface area contributed by atoms with E-state index in [2.05, 4.69) is 142 Å². The van der Waals surface area contributed by atoms with Crippen molar-refractivity contribution in [2.24, 2.45) is 0 Å². The number of para-hydroxylation sites is 3. The lowest BCUT2D eigenvalue weighted by Crippen LogP contribution is -1.96. The van der Waals surface area contributed by atoms with Crippen molar-refractivity contribution < 1.29 is 4.42 Å². The third-order valence-corrected chi connectivity index (χ3v) is 11.6. The van der Waals surface area contributed by atoms with Crippen LogP contribution in [0, 0.1) is 0 Å². The van der Waals surface area contributed by atoms with Crippen molar-refractivity contribution in [2.45, 2.75) is 0 Å². The quantitative estimate of drug-likeness (QED) is 0.184. The van der Waals surface area contributed by atoms with Crippen LogP contribution in [0.2, 0.25) is 0 Å². The van der Waals surface area contributed by atoms with Crippen molar-refractivity contribution >= 4 is 92.7 Å². The van der Waals surface area contributed by atoms with Crippen molar-refractivity contribution in [1.82, 2.24) is 18.9 Å². The Morgan fingerprint density at radius 1 is 0.436 bits per heavy atom. The van der Waals surface area contributed by atoms with Crippen molar-refractivity contribution in [3.8, 4) is 28.3 Å². The Hall–Kier alpha value is -7.50. The van der Waals surface area contributed by atoms with E-state index in [4.69, 9.17) is 14.4 Å². The van der Waals surface area contributed by atoms with Crippen LogP contribution in [0.15, 0.2) is 174 Å². The van der Waals surface area contributed by atoms with E-state index < -0.39 is 0 Å². The normalized spacial score (nSPS) is 12.4. The molecule has 13 aromatic rings. The minimum Gasteiger partial charge on any atom is -0.452 e. The predicted molar refractivity (Wildman–Crippen MR) is 227 cm³/mol. The number of benzene rings is 8. The maximum atomic E-state index is 6.37. The van der Waals surface area contributed by atoms with E-state index in [1.807, 2.05) is 36.4 Å². The van der Waals surface area contributed by atoms with Gasteiger partial charge in [0.15, 0.2) is 11.4 Å². The second-order valence-corrected chi connectivity index (χ2v) is 14.5. The molecule has 0 aliphatic carbocycles. The number of rotatable bonds is 3. The molecule has 0 aliphatic rings. The Morgan fingerprint density at radius 2 is 1.11 bits per heavy atom. The maximum absolute atomic E-state index is 6.37. The minimum absolute atomic E-state index is 0.664. The summed E-state index contributed by atoms with van der Waals surface area (Å²) in [4.78, 5) is 10.3. The summed E-state index contributed by atoms with van der Waals surface area (Å²) in [6, 6.07) is 60.5. The highest BCUT2D eigenvalue weighted by atomic mass is 16.3. The fourth-order valence-corrected chi connectivity index (χ4v) is 9.30. The van der Waals surface area contributed by atoms with E-state index in [1.165, 1.54) is 70.7 Å². The zero-order valence-electron chi connectivity index (χ0n) is 29.4. The Labute approximate surface area is 313 Å². The van der Waals surface area contributed by atoms with Gasteiger partial charge in [-0.3, -0.25) is 0 Å². The summed E-state index contributed by atoms with van der Waals surface area (Å²) < 4.78 is 11.3. The zero-order chi connectivity index (χ0) is 35.8. The highest BCUT2D eigenvalue weighted by Gasteiger charge is 2.25. The summed E-state index contributed by atoms with van der Waals surface area (Å²) in [5, 5.41) is 11.1. The molecule has 13 rings (SSSR count). The second kappa shape index (κ2) is 10.6. The molecular formula is C50H28N4O. The number of fused-ring (bicyclic) bond motifs is 15. The van der Waals surface area contributed by atoms with Crippen molar-refractivity contribution in [3.05, 3.63) is 170 Å². The topological polar surface area (TPSA) is 48.3 Å². The molecule has 0 atom stereocenters. The second-order valence-electron chi connectivity index (χ2n) is 14.5. The molecular weight excluding hydrogens is 673 g/mol. The molecule has 254 valence electrons. The molecule has 5 heterocycles. The van der Waals surface area contributed by atoms with Gasteiger partial charge in [-0.1, -0.05) is 115 Å². The molecule has 0 saturated carbocycles. The first-order chi connectivity index (χ1) is 27.3. The molecule has 5 heteroatoms. The average molecular weight is 701 g/mol. The van der Waals surface area contributed by atoms with Gasteiger partial charge in [-0.25, -0.2) is 9.97 Å². The fraction of sp³-hybridized carbons (Fsp3) is 0. The number of hydrogen-bond acceptors (Lipinski definition) is 3. The standard InChI is InChI=1S/C50H28N4O/c1-2-13-30(14-3-1)44-49-45(36-18-8-11-21-42(36)55-49)52-50(51-44)31-22-25-32(26-23-31)53-40-19-9-6-16-34(40)38-28-39-35-17-7-10-20-41(35)54-46-33-15-5-4-12-29(33)24-27-37(46)43(47(38)53)48(39)54/h1-28H. The van der Waals surface area contributed by atoms with E-state index >= 15 is 0 Å². The number of aromatic nitrogens is 4. The molecule has 0 bridgehead atoms. The van der Waals surface area contributed by atoms with Gasteiger partial charge in [0, 0.05) is 59.9 Å². The van der Waals surface area contributed by atoms with Crippen LogP contribution in [0.1, 0.15) is 0 Å². The number of hydrogen-bond donors (Lipinski definition) is 0. The predicted octanol–water partition coefficient (Wildman–Crippen LogP) is 13.1. The molecule has 8 aromatic carbocycles. The third-order valence-electron chi connectivity index (χ3n) is 11.6. The van der Waals surface area contributed by atoms with Gasteiger partial charge in [0.1, 0.15) is 16.8 Å². The van der Waals surface area contributed by atoms with Crippen LogP contribution in [0.3, 0.4) is 0 Å². The van der Waals surface area contributed by atoms with Gasteiger partial charge in [0.2, 0.25) is 0 Å². The van der Waals surface area contributed by atoms with E-state index in [0.717, 1.165) is 39.0 Å². The van der Waals surface area contributed by atoms with Gasteiger partial charge in [-0.05, 0) is 60.0 Å². The van der Waals surface area contributed by atoms with Crippen LogP contribution in [0.25, 0.3) is 121 Å². The maximum Gasteiger partial charge on any atom is 0.180 e. The van der Waals surface area contributed by atoms with Crippen molar-refractivity contribution in [3.63, 3.8) is 0 Å². The Kier molecular flexibility index (Phi) is 5.57. The average Bonchev–Trinajstić information content (AvgIpc) is 3.99. The summed E-state index contributed by atoms with van der Waals surface area (Å²) in [5.74, 6) is 0.664. The molecule has 55 heavy (non-hydrogen) atoms. The van der Waals surface area contributed by atoms with Gasteiger partial charge in [-0.15, -0.1) is 0 Å². The molecule has 0 aliphatic heterocycles. The van der Waals surface area contributed by atoms with Gasteiger partial charge < -0.3 is 13.4 Å². The molecule has 0 amide bonds. The van der Waals surface area contributed by atoms with E-state index in [9.17, 15) is 0 Å². The largest absolute Gasteiger partial charge is 0.452 e. The van der Waals surface area contributed by atoms with E-state index in [1.54, 1.807) is 0 Å². The molecule has 0 spiro atoms. The van der Waals surface area contributed by atoms with E-state index in [0.29, 0.717) is 11.4 Å². The van der Waals surface area contributed by atoms with Crippen LogP contribution >= 0.6 is 0 Å². The van der Waals surface area contributed by atoms with Gasteiger partial charge in [0.05, 0.1) is 27.6 Å². The smallest absolute Gasteiger partial charge is 0.180 e. The SMILES string of the molecule is c1ccc(-c2nc(-c3ccc(-n4c5ccccc5c5cc6c7ccccc7n7c8c9ccccc9ccc8c(c54)c67)cc3)nc3c2oc2ccccc23)cc1. The first-order valence-electron chi connectivity index (χ1n) is 18.7. The Bertz CT molecular complexity index is 3700. The summed E-state index contributed by atoms with van der Waals surface area (Å²) in [6.07, 6.45) is 0. The summed E-state index contributed by atoms with van der Waals surface area (Å²) in [5.41, 5.74) is 12.3. The van der Waals surface area contributed by atoms with Gasteiger partial charge >= 0.3 is 0 Å². The van der Waals surface area contributed by atoms with Crippen molar-refractivity contribution in [2.75, 3.05) is 0 Å². The monoisotopic (exact) mass is 700 g/mol. The van der Waals surface area contributed by atoms with E-state index in [-0.39, 0.29) is 0 Å². The van der Waals surface area contributed by atoms with Crippen LogP contribution in [-0.4, -0.2) is 18.9 Å². The highest BCUT2D eigenvalue weighted by molar-refractivity contribution is 6.36. The molecule has 0 saturated heterocycles. The Balaban J connectivity index is 1.10. The lowest BCUT2D eigenvalue weighted by Gasteiger charge is -2.11. The Morgan fingerprint density at radius 3 is 1.95 bits per heavy atom. The van der Waals surface area contributed by atoms with Crippen LogP contribution in [-0.2, 0) is 0 Å². The lowest BCUT2D eigenvalue weighted by atomic mass is 10.0. The first kappa shape index (κ1) is 29.0. The van der Waals surface area contributed by atoms with Crippen LogP contribution in [0.5, 0.6) is 0 Å². The molecule has 5 aromatic heterocycles. The van der Waals surface area contributed by atoms with Crippen LogP contribution in [0.4, 0.5) is 0 Å².